The number of carbonyl (C=O) groups is 2. The fourth-order valence-corrected chi connectivity index (χ4v) is 3.76. The lowest BCUT2D eigenvalue weighted by Gasteiger charge is -2.33. The van der Waals surface area contributed by atoms with Crippen molar-refractivity contribution in [1.29, 1.82) is 0 Å². The van der Waals surface area contributed by atoms with Crippen molar-refractivity contribution in [1.82, 2.24) is 15.1 Å². The van der Waals surface area contributed by atoms with Gasteiger partial charge in [0.2, 0.25) is 11.8 Å². The molecular weight excluding hydrogens is 395 g/mol. The molecule has 6 nitrogen and oxygen atoms in total. The van der Waals surface area contributed by atoms with Crippen molar-refractivity contribution < 1.29 is 14.0 Å². The van der Waals surface area contributed by atoms with E-state index < -0.39 is 0 Å². The van der Waals surface area contributed by atoms with Gasteiger partial charge in [-0.25, -0.2) is 4.39 Å². The Morgan fingerprint density at radius 1 is 0.871 bits per heavy atom. The standard InChI is InChI=1S/C24H31FN4O2/c1-18-4-3-5-19(2)24(18)27-23(31)17-29-14-12-28(13-15-29)16-22(30)26-11-10-20-6-8-21(25)9-7-20/h3-9H,10-17H2,1-2H3,(H,26,30)(H,27,31). The number of aryl methyl sites for hydroxylation is 2. The lowest BCUT2D eigenvalue weighted by Crippen LogP contribution is -2.51. The Hall–Kier alpha value is -2.77. The first kappa shape index (κ1) is 22.9. The van der Waals surface area contributed by atoms with Crippen LogP contribution in [0.4, 0.5) is 10.1 Å². The van der Waals surface area contributed by atoms with E-state index in [4.69, 9.17) is 0 Å². The van der Waals surface area contributed by atoms with Crippen molar-refractivity contribution in [2.45, 2.75) is 20.3 Å². The van der Waals surface area contributed by atoms with E-state index in [1.54, 1.807) is 12.1 Å². The molecule has 0 saturated carbocycles. The van der Waals surface area contributed by atoms with E-state index in [2.05, 4.69) is 20.4 Å². The second-order valence-corrected chi connectivity index (χ2v) is 8.09. The normalized spacial score (nSPS) is 14.9. The average Bonchev–Trinajstić information content (AvgIpc) is 2.74. The third-order valence-corrected chi connectivity index (χ3v) is 5.59. The molecule has 166 valence electrons. The van der Waals surface area contributed by atoms with E-state index >= 15 is 0 Å². The molecule has 0 radical (unpaired) electrons. The molecule has 1 saturated heterocycles. The highest BCUT2D eigenvalue weighted by Crippen LogP contribution is 2.19. The van der Waals surface area contributed by atoms with Crippen LogP contribution >= 0.6 is 0 Å². The second-order valence-electron chi connectivity index (χ2n) is 8.09. The van der Waals surface area contributed by atoms with Gasteiger partial charge in [-0.3, -0.25) is 19.4 Å². The Labute approximate surface area is 183 Å². The Balaban J connectivity index is 1.34. The number of benzene rings is 2. The van der Waals surface area contributed by atoms with Crippen LogP contribution < -0.4 is 10.6 Å². The van der Waals surface area contributed by atoms with Gasteiger partial charge >= 0.3 is 0 Å². The van der Waals surface area contributed by atoms with Gasteiger partial charge in [0.15, 0.2) is 0 Å². The summed E-state index contributed by atoms with van der Waals surface area (Å²) >= 11 is 0. The highest BCUT2D eigenvalue weighted by molar-refractivity contribution is 5.93. The zero-order valence-corrected chi connectivity index (χ0v) is 18.3. The average molecular weight is 427 g/mol. The Morgan fingerprint density at radius 2 is 1.42 bits per heavy atom. The van der Waals surface area contributed by atoms with Gasteiger partial charge < -0.3 is 10.6 Å². The molecule has 2 aromatic rings. The maximum Gasteiger partial charge on any atom is 0.238 e. The minimum absolute atomic E-state index is 0.00983. The molecular formula is C24H31FN4O2. The monoisotopic (exact) mass is 426 g/mol. The molecule has 0 spiro atoms. The molecule has 0 unspecified atom stereocenters. The summed E-state index contributed by atoms with van der Waals surface area (Å²) in [6.07, 6.45) is 0.676. The minimum Gasteiger partial charge on any atom is -0.355 e. The predicted molar refractivity (Wildman–Crippen MR) is 121 cm³/mol. The van der Waals surface area contributed by atoms with Crippen LogP contribution in [0.15, 0.2) is 42.5 Å². The molecule has 2 N–H and O–H groups in total. The SMILES string of the molecule is Cc1cccc(C)c1NC(=O)CN1CCN(CC(=O)NCCc2ccc(F)cc2)CC1. The number of piperazine rings is 1. The van der Waals surface area contributed by atoms with E-state index in [0.717, 1.165) is 48.6 Å². The number of nitrogens with zero attached hydrogens (tertiary/aromatic N) is 2. The minimum atomic E-state index is -0.255. The van der Waals surface area contributed by atoms with Crippen LogP contribution in [0.2, 0.25) is 0 Å². The summed E-state index contributed by atoms with van der Waals surface area (Å²) in [6.45, 7) is 8.23. The predicted octanol–water partition coefficient (Wildman–Crippen LogP) is 2.36. The third-order valence-electron chi connectivity index (χ3n) is 5.59. The molecule has 2 aromatic carbocycles. The molecule has 2 amide bonds. The first-order chi connectivity index (χ1) is 14.9. The number of halogens is 1. The van der Waals surface area contributed by atoms with Gasteiger partial charge in [-0.15, -0.1) is 0 Å². The zero-order valence-electron chi connectivity index (χ0n) is 18.3. The fourth-order valence-electron chi connectivity index (χ4n) is 3.76. The number of carbonyl (C=O) groups excluding carboxylic acids is 2. The summed E-state index contributed by atoms with van der Waals surface area (Å²) in [5.41, 5.74) is 4.00. The quantitative estimate of drug-likeness (QED) is 0.680. The van der Waals surface area contributed by atoms with Gasteiger partial charge in [0.1, 0.15) is 5.82 Å². The molecule has 1 aliphatic rings. The van der Waals surface area contributed by atoms with Gasteiger partial charge in [0.25, 0.3) is 0 Å². The molecule has 0 aliphatic carbocycles. The van der Waals surface area contributed by atoms with Crippen LogP contribution in [0.25, 0.3) is 0 Å². The van der Waals surface area contributed by atoms with Crippen molar-refractivity contribution >= 4 is 17.5 Å². The van der Waals surface area contributed by atoms with Gasteiger partial charge in [-0.2, -0.15) is 0 Å². The highest BCUT2D eigenvalue weighted by Gasteiger charge is 2.21. The summed E-state index contributed by atoms with van der Waals surface area (Å²) in [4.78, 5) is 28.9. The third kappa shape index (κ3) is 7.15. The second kappa shape index (κ2) is 11.0. The highest BCUT2D eigenvalue weighted by atomic mass is 19.1. The molecule has 0 aromatic heterocycles. The number of rotatable bonds is 8. The number of nitrogens with one attached hydrogen (secondary N) is 2. The zero-order chi connectivity index (χ0) is 22.2. The Morgan fingerprint density at radius 3 is 2.00 bits per heavy atom. The molecule has 7 heteroatoms. The van der Waals surface area contributed by atoms with E-state index in [1.807, 2.05) is 32.0 Å². The summed E-state index contributed by atoms with van der Waals surface area (Å²) in [5.74, 6) is -0.276. The van der Waals surface area contributed by atoms with Crippen LogP contribution in [0.5, 0.6) is 0 Å². The van der Waals surface area contributed by atoms with E-state index in [0.29, 0.717) is 26.1 Å². The molecule has 31 heavy (non-hydrogen) atoms. The largest absolute Gasteiger partial charge is 0.355 e. The van der Waals surface area contributed by atoms with Crippen molar-refractivity contribution in [2.24, 2.45) is 0 Å². The molecule has 0 atom stereocenters. The molecule has 0 bridgehead atoms. The lowest BCUT2D eigenvalue weighted by molar-refractivity contribution is -0.123. The molecule has 1 heterocycles. The number of anilines is 1. The molecule has 1 aliphatic heterocycles. The Bertz CT molecular complexity index is 873. The van der Waals surface area contributed by atoms with Crippen molar-refractivity contribution in [2.75, 3.05) is 51.1 Å². The van der Waals surface area contributed by atoms with Gasteiger partial charge in [0.05, 0.1) is 13.1 Å². The van der Waals surface area contributed by atoms with Crippen LogP contribution in [-0.2, 0) is 16.0 Å². The van der Waals surface area contributed by atoms with Crippen LogP contribution in [0, 0.1) is 19.7 Å². The van der Waals surface area contributed by atoms with Gasteiger partial charge in [-0.05, 0) is 49.1 Å². The summed E-state index contributed by atoms with van der Waals surface area (Å²) in [7, 11) is 0. The van der Waals surface area contributed by atoms with Crippen molar-refractivity contribution in [3.05, 3.63) is 65.0 Å². The van der Waals surface area contributed by atoms with Crippen LogP contribution in [0.1, 0.15) is 16.7 Å². The summed E-state index contributed by atoms with van der Waals surface area (Å²) in [5, 5.41) is 5.95. The van der Waals surface area contributed by atoms with Gasteiger partial charge in [-0.1, -0.05) is 30.3 Å². The molecule has 1 fully saturated rings. The number of para-hydroxylation sites is 1. The van der Waals surface area contributed by atoms with Crippen molar-refractivity contribution in [3.8, 4) is 0 Å². The van der Waals surface area contributed by atoms with Gasteiger partial charge in [0, 0.05) is 38.4 Å². The van der Waals surface area contributed by atoms with E-state index in [-0.39, 0.29) is 17.6 Å². The smallest absolute Gasteiger partial charge is 0.238 e. The first-order valence-corrected chi connectivity index (χ1v) is 10.7. The van der Waals surface area contributed by atoms with Crippen molar-refractivity contribution in [3.63, 3.8) is 0 Å². The maximum atomic E-state index is 12.9. The van der Waals surface area contributed by atoms with E-state index in [9.17, 15) is 14.0 Å². The van der Waals surface area contributed by atoms with E-state index in [1.165, 1.54) is 12.1 Å². The van der Waals surface area contributed by atoms with Crippen LogP contribution in [-0.4, -0.2) is 67.4 Å². The first-order valence-electron chi connectivity index (χ1n) is 10.7. The summed E-state index contributed by atoms with van der Waals surface area (Å²) in [6, 6.07) is 12.3. The Kier molecular flexibility index (Phi) is 8.14. The topological polar surface area (TPSA) is 64.7 Å². The number of amides is 2. The lowest BCUT2D eigenvalue weighted by atomic mass is 10.1. The number of hydrogen-bond acceptors (Lipinski definition) is 4. The van der Waals surface area contributed by atoms with Crippen LogP contribution in [0.3, 0.4) is 0 Å². The fraction of sp³-hybridized carbons (Fsp3) is 0.417. The maximum absolute atomic E-state index is 12.9. The summed E-state index contributed by atoms with van der Waals surface area (Å²) < 4.78 is 12.9. The molecule has 3 rings (SSSR count). The number of hydrogen-bond donors (Lipinski definition) is 2.